The van der Waals surface area contributed by atoms with E-state index in [4.69, 9.17) is 0 Å². The van der Waals surface area contributed by atoms with E-state index in [1.807, 2.05) is 45.0 Å². The van der Waals surface area contributed by atoms with Gasteiger partial charge in [-0.05, 0) is 32.4 Å². The van der Waals surface area contributed by atoms with Gasteiger partial charge in [0.25, 0.3) is 5.91 Å². The molecular formula is C17H22N4O2. The molecule has 122 valence electrons. The summed E-state index contributed by atoms with van der Waals surface area (Å²) in [5, 5.41) is 9.63. The van der Waals surface area contributed by atoms with Crippen molar-refractivity contribution in [3.63, 3.8) is 0 Å². The molecule has 6 heteroatoms. The van der Waals surface area contributed by atoms with Gasteiger partial charge >= 0.3 is 0 Å². The van der Waals surface area contributed by atoms with Gasteiger partial charge < -0.3 is 10.6 Å². The maximum Gasteiger partial charge on any atom is 0.269 e. The van der Waals surface area contributed by atoms with Gasteiger partial charge in [-0.1, -0.05) is 29.8 Å². The summed E-state index contributed by atoms with van der Waals surface area (Å²) in [7, 11) is 0. The molecule has 0 radical (unpaired) electrons. The van der Waals surface area contributed by atoms with E-state index in [1.54, 1.807) is 10.7 Å². The van der Waals surface area contributed by atoms with Gasteiger partial charge in [0.1, 0.15) is 5.69 Å². The number of carbonyl (C=O) groups is 2. The average molecular weight is 314 g/mol. The molecule has 0 aliphatic rings. The number of nitrogens with zero attached hydrogens (tertiary/aromatic N) is 2. The van der Waals surface area contributed by atoms with Gasteiger partial charge in [0.05, 0.1) is 12.2 Å². The standard InChI is InChI=1S/C17H22N4O2/c1-4-21-15(9-13(3)20-21)17(23)19-11-16(22)18-10-14-7-5-6-12(2)8-14/h5-9H,4,10-11H2,1-3H3,(H,18,22)(H,19,23). The molecule has 0 fully saturated rings. The fraction of sp³-hybridized carbons (Fsp3) is 0.353. The van der Waals surface area contributed by atoms with E-state index in [0.29, 0.717) is 18.8 Å². The zero-order chi connectivity index (χ0) is 16.8. The van der Waals surface area contributed by atoms with E-state index in [-0.39, 0.29) is 18.4 Å². The summed E-state index contributed by atoms with van der Waals surface area (Å²) in [4.78, 5) is 24.0. The topological polar surface area (TPSA) is 76.0 Å². The van der Waals surface area contributed by atoms with Crippen molar-refractivity contribution in [2.24, 2.45) is 0 Å². The van der Waals surface area contributed by atoms with Crippen LogP contribution in [-0.4, -0.2) is 28.1 Å². The zero-order valence-electron chi connectivity index (χ0n) is 13.7. The van der Waals surface area contributed by atoms with Gasteiger partial charge in [0.15, 0.2) is 0 Å². The summed E-state index contributed by atoms with van der Waals surface area (Å²) >= 11 is 0. The first kappa shape index (κ1) is 16.7. The smallest absolute Gasteiger partial charge is 0.269 e. The van der Waals surface area contributed by atoms with Gasteiger partial charge in [-0.3, -0.25) is 14.3 Å². The summed E-state index contributed by atoms with van der Waals surface area (Å²) in [5.74, 6) is -0.516. The van der Waals surface area contributed by atoms with Crippen molar-refractivity contribution in [1.29, 1.82) is 0 Å². The Morgan fingerprint density at radius 1 is 1.17 bits per heavy atom. The third-order valence-electron chi connectivity index (χ3n) is 3.42. The van der Waals surface area contributed by atoms with E-state index in [1.165, 1.54) is 0 Å². The van der Waals surface area contributed by atoms with Gasteiger partial charge in [0.2, 0.25) is 5.91 Å². The molecule has 1 aromatic heterocycles. The van der Waals surface area contributed by atoms with Crippen LogP contribution in [0.15, 0.2) is 30.3 Å². The molecule has 2 rings (SSSR count). The van der Waals surface area contributed by atoms with Crippen LogP contribution in [0.4, 0.5) is 0 Å². The number of amides is 2. The molecule has 0 bridgehead atoms. The van der Waals surface area contributed by atoms with Crippen LogP contribution in [0.2, 0.25) is 0 Å². The van der Waals surface area contributed by atoms with Crippen LogP contribution >= 0.6 is 0 Å². The second-order valence-electron chi connectivity index (χ2n) is 5.44. The largest absolute Gasteiger partial charge is 0.350 e. The highest BCUT2D eigenvalue weighted by atomic mass is 16.2. The van der Waals surface area contributed by atoms with Crippen molar-refractivity contribution in [2.75, 3.05) is 6.54 Å². The molecule has 0 saturated carbocycles. The number of rotatable bonds is 6. The predicted octanol–water partition coefficient (Wildman–Crippen LogP) is 1.57. The molecule has 1 aromatic carbocycles. The maximum atomic E-state index is 12.1. The van der Waals surface area contributed by atoms with Crippen molar-refractivity contribution in [2.45, 2.75) is 33.9 Å². The zero-order valence-corrected chi connectivity index (χ0v) is 13.7. The Bertz CT molecular complexity index is 706. The molecule has 23 heavy (non-hydrogen) atoms. The molecule has 2 amide bonds. The molecule has 6 nitrogen and oxygen atoms in total. The normalized spacial score (nSPS) is 10.4. The van der Waals surface area contributed by atoms with Gasteiger partial charge in [-0.2, -0.15) is 5.10 Å². The average Bonchev–Trinajstić information content (AvgIpc) is 2.92. The molecule has 0 atom stereocenters. The van der Waals surface area contributed by atoms with Crippen molar-refractivity contribution in [1.82, 2.24) is 20.4 Å². The van der Waals surface area contributed by atoms with E-state index in [0.717, 1.165) is 16.8 Å². The summed E-state index contributed by atoms with van der Waals surface area (Å²) < 4.78 is 1.62. The quantitative estimate of drug-likeness (QED) is 0.849. The molecule has 0 unspecified atom stereocenters. The van der Waals surface area contributed by atoms with Gasteiger partial charge in [-0.15, -0.1) is 0 Å². The lowest BCUT2D eigenvalue weighted by Gasteiger charge is -2.08. The minimum Gasteiger partial charge on any atom is -0.350 e. The lowest BCUT2D eigenvalue weighted by Crippen LogP contribution is -2.37. The van der Waals surface area contributed by atoms with E-state index in [9.17, 15) is 9.59 Å². The number of hydrogen-bond donors (Lipinski definition) is 2. The third kappa shape index (κ3) is 4.67. The highest BCUT2D eigenvalue weighted by Gasteiger charge is 2.13. The number of benzene rings is 1. The molecule has 0 spiro atoms. The van der Waals surface area contributed by atoms with Crippen LogP contribution in [0.5, 0.6) is 0 Å². The number of aryl methyl sites for hydroxylation is 3. The SMILES string of the molecule is CCn1nc(C)cc1C(=O)NCC(=O)NCc1cccc(C)c1. The maximum absolute atomic E-state index is 12.1. The summed E-state index contributed by atoms with van der Waals surface area (Å²) in [6, 6.07) is 9.64. The van der Waals surface area contributed by atoms with Crippen LogP contribution in [-0.2, 0) is 17.9 Å². The first-order valence-electron chi connectivity index (χ1n) is 7.64. The molecule has 0 saturated heterocycles. The van der Waals surface area contributed by atoms with Crippen LogP contribution in [0, 0.1) is 13.8 Å². The monoisotopic (exact) mass is 314 g/mol. The van der Waals surface area contributed by atoms with Crippen LogP contribution in [0.25, 0.3) is 0 Å². The van der Waals surface area contributed by atoms with E-state index in [2.05, 4.69) is 15.7 Å². The van der Waals surface area contributed by atoms with Crippen LogP contribution in [0.3, 0.4) is 0 Å². The van der Waals surface area contributed by atoms with Crippen molar-refractivity contribution in [3.8, 4) is 0 Å². The molecule has 0 aliphatic carbocycles. The van der Waals surface area contributed by atoms with Crippen molar-refractivity contribution >= 4 is 11.8 Å². The van der Waals surface area contributed by atoms with Crippen molar-refractivity contribution in [3.05, 3.63) is 52.8 Å². The molecule has 2 aromatic rings. The molecule has 2 N–H and O–H groups in total. The van der Waals surface area contributed by atoms with Gasteiger partial charge in [-0.25, -0.2) is 0 Å². The Morgan fingerprint density at radius 2 is 1.96 bits per heavy atom. The van der Waals surface area contributed by atoms with E-state index >= 15 is 0 Å². The highest BCUT2D eigenvalue weighted by Crippen LogP contribution is 2.04. The third-order valence-corrected chi connectivity index (χ3v) is 3.42. The molecular weight excluding hydrogens is 292 g/mol. The Labute approximate surface area is 135 Å². The Hall–Kier alpha value is -2.63. The summed E-state index contributed by atoms with van der Waals surface area (Å²) in [5.41, 5.74) is 3.43. The first-order valence-corrected chi connectivity index (χ1v) is 7.64. The minimum atomic E-state index is -0.293. The first-order chi connectivity index (χ1) is 11.0. The minimum absolute atomic E-state index is 0.0570. The number of nitrogens with one attached hydrogen (secondary N) is 2. The molecule has 0 aliphatic heterocycles. The number of carbonyl (C=O) groups excluding carboxylic acids is 2. The van der Waals surface area contributed by atoms with Crippen molar-refractivity contribution < 1.29 is 9.59 Å². The second kappa shape index (κ2) is 7.58. The van der Waals surface area contributed by atoms with Gasteiger partial charge in [0, 0.05) is 13.1 Å². The lowest BCUT2D eigenvalue weighted by atomic mass is 10.1. The predicted molar refractivity (Wildman–Crippen MR) is 88.0 cm³/mol. The summed E-state index contributed by atoms with van der Waals surface area (Å²) in [6.45, 7) is 6.75. The Morgan fingerprint density at radius 3 is 2.65 bits per heavy atom. The Kier molecular flexibility index (Phi) is 5.51. The second-order valence-corrected chi connectivity index (χ2v) is 5.44. The van der Waals surface area contributed by atoms with Crippen LogP contribution < -0.4 is 10.6 Å². The fourth-order valence-corrected chi connectivity index (χ4v) is 2.31. The fourth-order valence-electron chi connectivity index (χ4n) is 2.31. The van der Waals surface area contributed by atoms with E-state index < -0.39 is 0 Å². The lowest BCUT2D eigenvalue weighted by molar-refractivity contribution is -0.120. The van der Waals surface area contributed by atoms with Crippen LogP contribution in [0.1, 0.15) is 34.2 Å². The Balaban J connectivity index is 1.83. The molecule has 1 heterocycles. The number of aromatic nitrogens is 2. The highest BCUT2D eigenvalue weighted by molar-refractivity contribution is 5.95. The summed E-state index contributed by atoms with van der Waals surface area (Å²) in [6.07, 6.45) is 0. The number of hydrogen-bond acceptors (Lipinski definition) is 3.